The molecule has 0 aromatic heterocycles. The van der Waals surface area contributed by atoms with Crippen LogP contribution in [0, 0.1) is 17.8 Å². The number of likely N-dealkylation sites (tertiary alicyclic amines) is 1. The third kappa shape index (κ3) is 3.95. The van der Waals surface area contributed by atoms with Gasteiger partial charge in [0.05, 0.1) is 37.7 Å². The van der Waals surface area contributed by atoms with Crippen LogP contribution in [-0.2, 0) is 19.1 Å². The van der Waals surface area contributed by atoms with Crippen molar-refractivity contribution in [3.8, 4) is 5.75 Å². The van der Waals surface area contributed by atoms with Crippen LogP contribution in [0.3, 0.4) is 0 Å². The van der Waals surface area contributed by atoms with E-state index in [0.29, 0.717) is 24.4 Å². The van der Waals surface area contributed by atoms with Gasteiger partial charge in [-0.1, -0.05) is 38.2 Å². The molecule has 0 bridgehead atoms. The van der Waals surface area contributed by atoms with Crippen LogP contribution in [0.5, 0.6) is 5.75 Å². The number of anilines is 1. The summed E-state index contributed by atoms with van der Waals surface area (Å²) in [6.07, 6.45) is 7.29. The molecule has 6 atom stereocenters. The van der Waals surface area contributed by atoms with Gasteiger partial charge in [0, 0.05) is 25.8 Å². The summed E-state index contributed by atoms with van der Waals surface area (Å²) in [7, 11) is 3.29. The first kappa shape index (κ1) is 25.5. The summed E-state index contributed by atoms with van der Waals surface area (Å²) in [5.41, 5.74) is -0.650. The van der Waals surface area contributed by atoms with Crippen molar-refractivity contribution in [2.45, 2.75) is 44.1 Å². The van der Waals surface area contributed by atoms with Gasteiger partial charge in [0.2, 0.25) is 11.8 Å². The number of nitrogens with zero attached hydrogens (tertiary/aromatic N) is 3. The summed E-state index contributed by atoms with van der Waals surface area (Å²) in [5, 5.41) is 10.4. The number of fused-ring (bicyclic) bond motifs is 2. The number of methoxy groups -OCH3 is 1. The van der Waals surface area contributed by atoms with Gasteiger partial charge in [-0.05, 0) is 36.6 Å². The largest absolute Gasteiger partial charge is 0.497 e. The maximum Gasteiger partial charge on any atom is 0.253 e. The van der Waals surface area contributed by atoms with Gasteiger partial charge in [-0.3, -0.25) is 14.4 Å². The molecule has 198 valence electrons. The first-order chi connectivity index (χ1) is 17.7. The van der Waals surface area contributed by atoms with E-state index >= 15 is 0 Å². The first-order valence-electron chi connectivity index (χ1n) is 12.9. The van der Waals surface area contributed by atoms with E-state index in [-0.39, 0.29) is 36.8 Å². The Morgan fingerprint density at radius 1 is 1.08 bits per heavy atom. The van der Waals surface area contributed by atoms with Crippen LogP contribution in [0.15, 0.2) is 48.6 Å². The van der Waals surface area contributed by atoms with Crippen molar-refractivity contribution in [3.05, 3.63) is 48.6 Å². The number of aliphatic hydroxyl groups is 1. The lowest BCUT2D eigenvalue weighted by molar-refractivity contribution is -0.146. The fraction of sp³-hybridized carbons (Fsp3) is 0.536. The lowest BCUT2D eigenvalue weighted by Crippen LogP contribution is -2.58. The number of likely N-dealkylation sites (N-methyl/N-ethyl adjacent to an activating group) is 1. The lowest BCUT2D eigenvalue weighted by atomic mass is 9.77. The Balaban J connectivity index is 1.63. The predicted octanol–water partition coefficient (Wildman–Crippen LogP) is 1.61. The zero-order valence-corrected chi connectivity index (χ0v) is 21.7. The molecule has 1 spiro atoms. The first-order valence-corrected chi connectivity index (χ1v) is 12.9. The number of carbonyl (C=O) groups is 3. The molecule has 0 aliphatic carbocycles. The molecule has 1 unspecified atom stereocenters. The van der Waals surface area contributed by atoms with Crippen LogP contribution in [0.2, 0.25) is 0 Å². The van der Waals surface area contributed by atoms with Gasteiger partial charge in [0.1, 0.15) is 17.4 Å². The number of amides is 3. The van der Waals surface area contributed by atoms with E-state index in [9.17, 15) is 19.5 Å². The van der Waals surface area contributed by atoms with Gasteiger partial charge in [0.25, 0.3) is 5.91 Å². The van der Waals surface area contributed by atoms with E-state index in [2.05, 4.69) is 0 Å². The van der Waals surface area contributed by atoms with E-state index < -0.39 is 35.6 Å². The minimum atomic E-state index is -1.31. The molecule has 37 heavy (non-hydrogen) atoms. The van der Waals surface area contributed by atoms with Crippen LogP contribution in [-0.4, -0.2) is 90.3 Å². The van der Waals surface area contributed by atoms with Crippen molar-refractivity contribution in [2.24, 2.45) is 17.8 Å². The molecule has 9 nitrogen and oxygen atoms in total. The third-order valence-corrected chi connectivity index (χ3v) is 8.03. The van der Waals surface area contributed by atoms with Crippen LogP contribution in [0.1, 0.15) is 20.3 Å². The Labute approximate surface area is 217 Å². The van der Waals surface area contributed by atoms with Gasteiger partial charge in [-0.2, -0.15) is 0 Å². The molecule has 1 aromatic carbocycles. The average molecular weight is 510 g/mol. The minimum absolute atomic E-state index is 0.174. The molecule has 1 aromatic rings. The monoisotopic (exact) mass is 509 g/mol. The van der Waals surface area contributed by atoms with E-state index in [0.717, 1.165) is 0 Å². The van der Waals surface area contributed by atoms with E-state index in [1.54, 1.807) is 48.2 Å². The third-order valence-electron chi connectivity index (χ3n) is 8.03. The second-order valence-corrected chi connectivity index (χ2v) is 10.7. The highest BCUT2D eigenvalue weighted by atomic mass is 16.5. The summed E-state index contributed by atoms with van der Waals surface area (Å²) in [6.45, 7) is 4.46. The van der Waals surface area contributed by atoms with Crippen molar-refractivity contribution >= 4 is 23.4 Å². The van der Waals surface area contributed by atoms with Crippen LogP contribution in [0.4, 0.5) is 5.69 Å². The zero-order chi connectivity index (χ0) is 26.5. The van der Waals surface area contributed by atoms with Crippen molar-refractivity contribution in [2.75, 3.05) is 38.8 Å². The van der Waals surface area contributed by atoms with Crippen molar-refractivity contribution in [1.82, 2.24) is 9.80 Å². The van der Waals surface area contributed by atoms with Gasteiger partial charge >= 0.3 is 0 Å². The van der Waals surface area contributed by atoms with Crippen molar-refractivity contribution in [3.63, 3.8) is 0 Å². The van der Waals surface area contributed by atoms with E-state index in [1.807, 2.05) is 38.2 Å². The highest BCUT2D eigenvalue weighted by Crippen LogP contribution is 2.54. The maximum absolute atomic E-state index is 14.4. The molecule has 5 rings (SSSR count). The molecular weight excluding hydrogens is 474 g/mol. The summed E-state index contributed by atoms with van der Waals surface area (Å²) >= 11 is 0. The minimum Gasteiger partial charge on any atom is -0.497 e. The molecule has 9 heteroatoms. The molecule has 0 saturated carbocycles. The number of benzene rings is 1. The summed E-state index contributed by atoms with van der Waals surface area (Å²) in [4.78, 5) is 46.9. The molecule has 2 saturated heterocycles. The van der Waals surface area contributed by atoms with Crippen molar-refractivity contribution < 1.29 is 29.0 Å². The smallest absolute Gasteiger partial charge is 0.253 e. The SMILES string of the molecule is COc1ccc(N2CC=C[C@]34O[C@@H]5C=CCN(C)C(=O)[C@@H]5[C@H]3C(=O)N([C@@H](CO)CC(C)C)C4C2=O)cc1. The fourth-order valence-corrected chi connectivity index (χ4v) is 6.41. The van der Waals surface area contributed by atoms with Gasteiger partial charge < -0.3 is 29.3 Å². The number of carbonyl (C=O) groups excluding carboxylic acids is 3. The normalized spacial score (nSPS) is 31.8. The number of rotatable bonds is 6. The Morgan fingerprint density at radius 3 is 2.46 bits per heavy atom. The second-order valence-electron chi connectivity index (χ2n) is 10.7. The molecule has 3 amide bonds. The van der Waals surface area contributed by atoms with E-state index in [1.165, 1.54) is 4.90 Å². The maximum atomic E-state index is 14.4. The van der Waals surface area contributed by atoms with Gasteiger partial charge in [-0.15, -0.1) is 0 Å². The number of hydrogen-bond donors (Lipinski definition) is 1. The molecule has 4 heterocycles. The number of aliphatic hydroxyl groups excluding tert-OH is 1. The Kier molecular flexibility index (Phi) is 6.62. The average Bonchev–Trinajstić information content (AvgIpc) is 3.21. The molecule has 4 aliphatic heterocycles. The predicted molar refractivity (Wildman–Crippen MR) is 137 cm³/mol. The van der Waals surface area contributed by atoms with Crippen molar-refractivity contribution in [1.29, 1.82) is 0 Å². The van der Waals surface area contributed by atoms with Gasteiger partial charge in [0.15, 0.2) is 0 Å². The summed E-state index contributed by atoms with van der Waals surface area (Å²) < 4.78 is 11.9. The number of hydrogen-bond acceptors (Lipinski definition) is 6. The fourth-order valence-electron chi connectivity index (χ4n) is 6.41. The van der Waals surface area contributed by atoms with Gasteiger partial charge in [-0.25, -0.2) is 0 Å². The Hall–Kier alpha value is -3.17. The van der Waals surface area contributed by atoms with Crippen LogP contribution >= 0.6 is 0 Å². The molecule has 4 aliphatic rings. The topological polar surface area (TPSA) is 99.6 Å². The van der Waals surface area contributed by atoms with Crippen LogP contribution in [0.25, 0.3) is 0 Å². The summed E-state index contributed by atoms with van der Waals surface area (Å²) in [6, 6.07) is 5.58. The Morgan fingerprint density at radius 2 is 1.81 bits per heavy atom. The molecule has 0 radical (unpaired) electrons. The van der Waals surface area contributed by atoms with Crippen LogP contribution < -0.4 is 9.64 Å². The van der Waals surface area contributed by atoms with E-state index in [4.69, 9.17) is 9.47 Å². The lowest BCUT2D eigenvalue weighted by Gasteiger charge is -2.39. The highest BCUT2D eigenvalue weighted by Gasteiger charge is 2.72. The Bertz CT molecular complexity index is 1130. The zero-order valence-electron chi connectivity index (χ0n) is 21.7. The summed E-state index contributed by atoms with van der Waals surface area (Å²) in [5.74, 6) is -1.55. The molecule has 2 fully saturated rings. The number of ether oxygens (including phenoxy) is 2. The highest BCUT2D eigenvalue weighted by molar-refractivity contribution is 6.06. The second kappa shape index (κ2) is 9.61. The molecular formula is C28H35N3O6. The standard InChI is InChI=1S/C28H35N3O6/c1-17(2)15-19(16-32)31-24-27(35)30(18-8-10-20(36-4)11-9-18)14-6-12-28(24)23(26(31)34)22-21(37-28)7-5-13-29(3)25(22)33/h5-12,17,19,21-24,32H,13-16H2,1-4H3/t19-,21-,22+,23+,24?,28+/m1/s1. The molecule has 1 N–H and O–H groups in total. The quantitative estimate of drug-likeness (QED) is 0.585.